The molecule has 2 amide bonds. The van der Waals surface area contributed by atoms with Gasteiger partial charge in [0.2, 0.25) is 5.91 Å². The van der Waals surface area contributed by atoms with Gasteiger partial charge in [0.25, 0.3) is 5.91 Å². The van der Waals surface area contributed by atoms with E-state index in [0.29, 0.717) is 37.3 Å². The van der Waals surface area contributed by atoms with Crippen LogP contribution in [0.4, 0.5) is 10.2 Å². The highest BCUT2D eigenvalue weighted by Crippen LogP contribution is 2.21. The molecule has 0 radical (unpaired) electrons. The number of amides is 2. The molecule has 130 valence electrons. The van der Waals surface area contributed by atoms with Gasteiger partial charge in [-0.3, -0.25) is 9.59 Å². The van der Waals surface area contributed by atoms with Gasteiger partial charge in [0.05, 0.1) is 0 Å². The third-order valence-electron chi connectivity index (χ3n) is 4.50. The molecule has 1 aromatic carbocycles. The number of hydrogen-bond acceptors (Lipinski definition) is 3. The van der Waals surface area contributed by atoms with E-state index >= 15 is 0 Å². The summed E-state index contributed by atoms with van der Waals surface area (Å²) in [5.41, 5.74) is 1.38. The van der Waals surface area contributed by atoms with Crippen LogP contribution in [-0.2, 0) is 4.79 Å². The predicted octanol–water partition coefficient (Wildman–Crippen LogP) is 3.02. The van der Waals surface area contributed by atoms with E-state index in [1.807, 2.05) is 19.1 Å². The number of halogens is 1. The standard InChI is InChI=1S/C19H20FN3O2/c1-13-3-2-10-21-17(13)22-18(24)14-8-11-23(12-9-14)19(25)15-4-6-16(20)7-5-15/h2-7,10,14H,8-9,11-12H2,1H3,(H,21,22,24). The molecule has 5 nitrogen and oxygen atoms in total. The van der Waals surface area contributed by atoms with E-state index in [1.54, 1.807) is 11.1 Å². The van der Waals surface area contributed by atoms with Crippen molar-refractivity contribution in [3.05, 3.63) is 59.5 Å². The number of carbonyl (C=O) groups excluding carboxylic acids is 2. The molecular weight excluding hydrogens is 321 g/mol. The van der Waals surface area contributed by atoms with Crippen molar-refractivity contribution in [2.24, 2.45) is 5.92 Å². The molecule has 0 atom stereocenters. The monoisotopic (exact) mass is 341 g/mol. The van der Waals surface area contributed by atoms with E-state index in [1.165, 1.54) is 24.3 Å². The average molecular weight is 341 g/mol. The molecule has 0 saturated carbocycles. The fourth-order valence-electron chi connectivity index (χ4n) is 2.96. The maximum atomic E-state index is 13.0. The van der Waals surface area contributed by atoms with Crippen molar-refractivity contribution in [1.82, 2.24) is 9.88 Å². The summed E-state index contributed by atoms with van der Waals surface area (Å²) in [5, 5.41) is 2.87. The van der Waals surface area contributed by atoms with Crippen LogP contribution in [0.5, 0.6) is 0 Å². The van der Waals surface area contributed by atoms with Crippen LogP contribution in [0.2, 0.25) is 0 Å². The van der Waals surface area contributed by atoms with Gasteiger partial charge in [-0.05, 0) is 55.7 Å². The van der Waals surface area contributed by atoms with E-state index in [0.717, 1.165) is 5.56 Å². The quantitative estimate of drug-likeness (QED) is 0.933. The summed E-state index contributed by atoms with van der Waals surface area (Å²) in [5.74, 6) is -0.108. The van der Waals surface area contributed by atoms with Crippen LogP contribution in [0, 0.1) is 18.7 Å². The third-order valence-corrected chi connectivity index (χ3v) is 4.50. The highest BCUT2D eigenvalue weighted by molar-refractivity contribution is 5.95. The second kappa shape index (κ2) is 7.42. The van der Waals surface area contributed by atoms with Gasteiger partial charge >= 0.3 is 0 Å². The first kappa shape index (κ1) is 17.1. The number of piperidine rings is 1. The third kappa shape index (κ3) is 4.02. The van der Waals surface area contributed by atoms with Gasteiger partial charge < -0.3 is 10.2 Å². The molecule has 1 aliphatic rings. The Balaban J connectivity index is 1.56. The number of nitrogens with zero attached hydrogens (tertiary/aromatic N) is 2. The fraction of sp³-hybridized carbons (Fsp3) is 0.316. The zero-order valence-electron chi connectivity index (χ0n) is 14.0. The van der Waals surface area contributed by atoms with Crippen LogP contribution >= 0.6 is 0 Å². The summed E-state index contributed by atoms with van der Waals surface area (Å²) < 4.78 is 13.0. The Bertz CT molecular complexity index is 768. The summed E-state index contributed by atoms with van der Waals surface area (Å²) in [6.45, 7) is 2.91. The molecule has 3 rings (SSSR count). The highest BCUT2D eigenvalue weighted by Gasteiger charge is 2.28. The van der Waals surface area contributed by atoms with E-state index in [2.05, 4.69) is 10.3 Å². The van der Waals surface area contributed by atoms with Crippen molar-refractivity contribution in [1.29, 1.82) is 0 Å². The number of aromatic nitrogens is 1. The van der Waals surface area contributed by atoms with Gasteiger partial charge in [-0.15, -0.1) is 0 Å². The number of benzene rings is 1. The lowest BCUT2D eigenvalue weighted by atomic mass is 9.95. The predicted molar refractivity (Wildman–Crippen MR) is 92.6 cm³/mol. The molecule has 0 unspecified atom stereocenters. The van der Waals surface area contributed by atoms with Crippen molar-refractivity contribution >= 4 is 17.6 Å². The fourth-order valence-corrected chi connectivity index (χ4v) is 2.96. The molecule has 1 saturated heterocycles. The zero-order valence-corrected chi connectivity index (χ0v) is 14.0. The van der Waals surface area contributed by atoms with Crippen molar-refractivity contribution < 1.29 is 14.0 Å². The van der Waals surface area contributed by atoms with Gasteiger partial charge in [0.1, 0.15) is 11.6 Å². The topological polar surface area (TPSA) is 62.3 Å². The Hall–Kier alpha value is -2.76. The Morgan fingerprint density at radius 1 is 1.16 bits per heavy atom. The van der Waals surface area contributed by atoms with E-state index in [9.17, 15) is 14.0 Å². The smallest absolute Gasteiger partial charge is 0.253 e. The molecule has 25 heavy (non-hydrogen) atoms. The van der Waals surface area contributed by atoms with Crippen molar-refractivity contribution in [3.8, 4) is 0 Å². The number of hydrogen-bond donors (Lipinski definition) is 1. The van der Waals surface area contributed by atoms with Crippen molar-refractivity contribution in [2.45, 2.75) is 19.8 Å². The summed E-state index contributed by atoms with van der Waals surface area (Å²) in [7, 11) is 0. The minimum Gasteiger partial charge on any atom is -0.339 e. The molecule has 1 fully saturated rings. The number of pyridine rings is 1. The summed E-state index contributed by atoms with van der Waals surface area (Å²) >= 11 is 0. The molecule has 0 spiro atoms. The van der Waals surface area contributed by atoms with Crippen molar-refractivity contribution in [2.75, 3.05) is 18.4 Å². The van der Waals surface area contributed by atoms with E-state index < -0.39 is 0 Å². The first-order chi connectivity index (χ1) is 12.0. The largest absolute Gasteiger partial charge is 0.339 e. The first-order valence-corrected chi connectivity index (χ1v) is 8.32. The summed E-state index contributed by atoms with van der Waals surface area (Å²) in [4.78, 5) is 30.7. The Morgan fingerprint density at radius 2 is 1.84 bits per heavy atom. The lowest BCUT2D eigenvalue weighted by molar-refractivity contribution is -0.121. The SMILES string of the molecule is Cc1cccnc1NC(=O)C1CCN(C(=O)c2ccc(F)cc2)CC1. The molecular formula is C19H20FN3O2. The average Bonchev–Trinajstić information content (AvgIpc) is 2.64. The molecule has 6 heteroatoms. The molecule has 1 aliphatic heterocycles. The number of carbonyl (C=O) groups is 2. The van der Waals surface area contributed by atoms with Gasteiger partial charge in [0.15, 0.2) is 0 Å². The maximum absolute atomic E-state index is 13.0. The van der Waals surface area contributed by atoms with Crippen LogP contribution in [0.1, 0.15) is 28.8 Å². The van der Waals surface area contributed by atoms with Gasteiger partial charge in [-0.1, -0.05) is 6.07 Å². The molecule has 1 aromatic heterocycles. The van der Waals surface area contributed by atoms with Crippen molar-refractivity contribution in [3.63, 3.8) is 0 Å². The Morgan fingerprint density at radius 3 is 2.48 bits per heavy atom. The minimum absolute atomic E-state index is 0.0596. The van der Waals surface area contributed by atoms with Gasteiger partial charge in [-0.25, -0.2) is 9.37 Å². The second-order valence-electron chi connectivity index (χ2n) is 6.23. The van der Waals surface area contributed by atoms with Crippen LogP contribution in [-0.4, -0.2) is 34.8 Å². The second-order valence-corrected chi connectivity index (χ2v) is 6.23. The maximum Gasteiger partial charge on any atom is 0.253 e. The number of likely N-dealkylation sites (tertiary alicyclic amines) is 1. The highest BCUT2D eigenvalue weighted by atomic mass is 19.1. The lowest BCUT2D eigenvalue weighted by Gasteiger charge is -2.31. The molecule has 1 N–H and O–H groups in total. The van der Waals surface area contributed by atoms with Crippen LogP contribution in [0.25, 0.3) is 0 Å². The zero-order chi connectivity index (χ0) is 17.8. The van der Waals surface area contributed by atoms with Crippen LogP contribution < -0.4 is 5.32 Å². The molecule has 0 bridgehead atoms. The normalized spacial score (nSPS) is 15.0. The molecule has 2 heterocycles. The number of nitrogens with one attached hydrogen (secondary N) is 1. The number of anilines is 1. The lowest BCUT2D eigenvalue weighted by Crippen LogP contribution is -2.41. The Labute approximate surface area is 145 Å². The summed E-state index contributed by atoms with van der Waals surface area (Å²) in [6, 6.07) is 9.25. The van der Waals surface area contributed by atoms with Crippen LogP contribution in [0.15, 0.2) is 42.6 Å². The number of aryl methyl sites for hydroxylation is 1. The summed E-state index contributed by atoms with van der Waals surface area (Å²) in [6.07, 6.45) is 2.85. The van der Waals surface area contributed by atoms with E-state index in [-0.39, 0.29) is 23.5 Å². The Kier molecular flexibility index (Phi) is 5.07. The first-order valence-electron chi connectivity index (χ1n) is 8.32. The van der Waals surface area contributed by atoms with Gasteiger partial charge in [0, 0.05) is 30.8 Å². The van der Waals surface area contributed by atoms with Gasteiger partial charge in [-0.2, -0.15) is 0 Å². The molecule has 0 aliphatic carbocycles. The molecule has 2 aromatic rings. The van der Waals surface area contributed by atoms with Crippen LogP contribution in [0.3, 0.4) is 0 Å². The minimum atomic E-state index is -0.364. The van der Waals surface area contributed by atoms with E-state index in [4.69, 9.17) is 0 Å². The number of rotatable bonds is 3.